The van der Waals surface area contributed by atoms with Gasteiger partial charge in [-0.15, -0.1) is 11.6 Å². The molecule has 1 unspecified atom stereocenters. The maximum Gasteiger partial charge on any atom is 0.0830 e. The molecule has 1 fully saturated rings. The van der Waals surface area contributed by atoms with Gasteiger partial charge < -0.3 is 9.47 Å². The number of halogens is 1. The van der Waals surface area contributed by atoms with Crippen molar-refractivity contribution in [2.24, 2.45) is 0 Å². The highest BCUT2D eigenvalue weighted by Gasteiger charge is 2.14. The van der Waals surface area contributed by atoms with Crippen molar-refractivity contribution in [3.05, 3.63) is 0 Å². The fraction of sp³-hybridized carbons (Fsp3) is 1.00. The highest BCUT2D eigenvalue weighted by Crippen LogP contribution is 2.07. The molecule has 1 saturated heterocycles. The molecule has 0 saturated carbocycles. The summed E-state index contributed by atoms with van der Waals surface area (Å²) in [7, 11) is 0. The zero-order chi connectivity index (χ0) is 7.23. The largest absolute Gasteiger partial charge is 0.379 e. The highest BCUT2D eigenvalue weighted by atomic mass is 35.5. The third-order valence-corrected chi connectivity index (χ3v) is 1.79. The zero-order valence-corrected chi connectivity index (χ0v) is 6.77. The van der Waals surface area contributed by atoms with Crippen LogP contribution in [0.15, 0.2) is 0 Å². The normalized spacial score (nSPS) is 25.5. The average molecular weight is 165 g/mol. The fourth-order valence-corrected chi connectivity index (χ4v) is 1.06. The van der Waals surface area contributed by atoms with E-state index in [1.807, 2.05) is 0 Å². The second-order valence-electron chi connectivity index (χ2n) is 2.40. The van der Waals surface area contributed by atoms with E-state index in [1.54, 1.807) is 0 Å². The number of alkyl halides is 1. The minimum absolute atomic E-state index is 0.336. The Bertz CT molecular complexity index is 81.7. The number of rotatable bonds is 4. The van der Waals surface area contributed by atoms with Gasteiger partial charge in [0.25, 0.3) is 0 Å². The summed E-state index contributed by atoms with van der Waals surface area (Å²) in [6.07, 6.45) is 2.32. The van der Waals surface area contributed by atoms with E-state index >= 15 is 0 Å². The molecule has 2 nitrogen and oxygen atoms in total. The van der Waals surface area contributed by atoms with Gasteiger partial charge in [0.15, 0.2) is 0 Å². The van der Waals surface area contributed by atoms with Crippen LogP contribution in [0.2, 0.25) is 0 Å². The monoisotopic (exact) mass is 164 g/mol. The highest BCUT2D eigenvalue weighted by molar-refractivity contribution is 6.17. The quantitative estimate of drug-likeness (QED) is 0.462. The van der Waals surface area contributed by atoms with Gasteiger partial charge in [0.1, 0.15) is 0 Å². The third kappa shape index (κ3) is 2.86. The van der Waals surface area contributed by atoms with Crippen LogP contribution in [0, 0.1) is 0 Å². The maximum atomic E-state index is 5.48. The molecule has 0 aromatic heterocycles. The van der Waals surface area contributed by atoms with E-state index in [1.165, 1.54) is 0 Å². The van der Waals surface area contributed by atoms with Crippen molar-refractivity contribution in [3.63, 3.8) is 0 Å². The van der Waals surface area contributed by atoms with Gasteiger partial charge in [-0.05, 0) is 12.8 Å². The van der Waals surface area contributed by atoms with Crippen LogP contribution in [0.3, 0.4) is 0 Å². The standard InChI is InChI=1S/C7H13ClO2/c8-3-1-4-10-7-2-5-9-6-7/h7H,1-6H2. The van der Waals surface area contributed by atoms with Crippen LogP contribution >= 0.6 is 11.6 Å². The Hall–Kier alpha value is 0.210. The second kappa shape index (κ2) is 4.94. The van der Waals surface area contributed by atoms with Gasteiger partial charge in [-0.2, -0.15) is 0 Å². The molecule has 0 radical (unpaired) electrons. The number of ether oxygens (including phenoxy) is 2. The minimum Gasteiger partial charge on any atom is -0.379 e. The van der Waals surface area contributed by atoms with Crippen molar-refractivity contribution in [3.8, 4) is 0 Å². The fourth-order valence-electron chi connectivity index (χ4n) is 0.949. The lowest BCUT2D eigenvalue weighted by Gasteiger charge is -2.07. The van der Waals surface area contributed by atoms with Crippen molar-refractivity contribution < 1.29 is 9.47 Å². The van der Waals surface area contributed by atoms with Crippen molar-refractivity contribution in [1.82, 2.24) is 0 Å². The topological polar surface area (TPSA) is 18.5 Å². The Morgan fingerprint density at radius 3 is 3.10 bits per heavy atom. The van der Waals surface area contributed by atoms with Crippen LogP contribution in [-0.2, 0) is 9.47 Å². The smallest absolute Gasteiger partial charge is 0.0830 e. The van der Waals surface area contributed by atoms with E-state index < -0.39 is 0 Å². The van der Waals surface area contributed by atoms with Crippen LogP contribution < -0.4 is 0 Å². The summed E-state index contributed by atoms with van der Waals surface area (Å²) in [4.78, 5) is 0. The van der Waals surface area contributed by atoms with Crippen LogP contribution in [0.25, 0.3) is 0 Å². The predicted octanol–water partition coefficient (Wildman–Crippen LogP) is 1.42. The van der Waals surface area contributed by atoms with E-state index in [2.05, 4.69) is 0 Å². The third-order valence-electron chi connectivity index (χ3n) is 1.52. The summed E-state index contributed by atoms with van der Waals surface area (Å²) in [5.41, 5.74) is 0. The summed E-state index contributed by atoms with van der Waals surface area (Å²) < 4.78 is 10.6. The first-order valence-corrected chi connectivity index (χ1v) is 4.22. The molecule has 1 atom stereocenters. The van der Waals surface area contributed by atoms with Gasteiger partial charge in [-0.1, -0.05) is 0 Å². The molecule has 1 aliphatic heterocycles. The molecule has 1 aliphatic rings. The zero-order valence-electron chi connectivity index (χ0n) is 6.01. The van der Waals surface area contributed by atoms with Crippen LogP contribution in [-0.4, -0.2) is 31.8 Å². The van der Waals surface area contributed by atoms with Crippen LogP contribution in [0.4, 0.5) is 0 Å². The summed E-state index contributed by atoms with van der Waals surface area (Å²) in [5.74, 6) is 0.688. The van der Waals surface area contributed by atoms with Crippen molar-refractivity contribution in [2.45, 2.75) is 18.9 Å². The van der Waals surface area contributed by atoms with E-state index in [-0.39, 0.29) is 0 Å². The lowest BCUT2D eigenvalue weighted by atomic mass is 10.3. The molecule has 0 aliphatic carbocycles. The lowest BCUT2D eigenvalue weighted by molar-refractivity contribution is 0.0435. The predicted molar refractivity (Wildman–Crippen MR) is 40.5 cm³/mol. The maximum absolute atomic E-state index is 5.48. The Morgan fingerprint density at radius 1 is 1.60 bits per heavy atom. The molecule has 0 spiro atoms. The molecular formula is C7H13ClO2. The van der Waals surface area contributed by atoms with E-state index in [0.717, 1.165) is 32.7 Å². The lowest BCUT2D eigenvalue weighted by Crippen LogP contribution is -2.13. The second-order valence-corrected chi connectivity index (χ2v) is 2.78. The van der Waals surface area contributed by atoms with Crippen molar-refractivity contribution >= 4 is 11.6 Å². The average Bonchev–Trinajstić information content (AvgIpc) is 2.41. The van der Waals surface area contributed by atoms with Crippen molar-refractivity contribution in [1.29, 1.82) is 0 Å². The summed E-state index contributed by atoms with van der Waals surface area (Å²) in [6, 6.07) is 0. The number of hydrogen-bond acceptors (Lipinski definition) is 2. The molecule has 0 aromatic rings. The molecule has 0 N–H and O–H groups in total. The SMILES string of the molecule is ClCCCOC1CCOC1. The minimum atomic E-state index is 0.336. The molecule has 0 bridgehead atoms. The Morgan fingerprint density at radius 2 is 2.50 bits per heavy atom. The van der Waals surface area contributed by atoms with Gasteiger partial charge in [0.2, 0.25) is 0 Å². The van der Waals surface area contributed by atoms with Gasteiger partial charge in [-0.25, -0.2) is 0 Å². The first-order valence-electron chi connectivity index (χ1n) is 3.69. The molecule has 3 heteroatoms. The van der Waals surface area contributed by atoms with Gasteiger partial charge in [-0.3, -0.25) is 0 Å². The molecule has 60 valence electrons. The van der Waals surface area contributed by atoms with E-state index in [4.69, 9.17) is 21.1 Å². The molecule has 10 heavy (non-hydrogen) atoms. The number of hydrogen-bond donors (Lipinski definition) is 0. The summed E-state index contributed by atoms with van der Waals surface area (Å²) in [6.45, 7) is 2.39. The molecule has 1 heterocycles. The van der Waals surface area contributed by atoms with E-state index in [9.17, 15) is 0 Å². The van der Waals surface area contributed by atoms with Crippen LogP contribution in [0.1, 0.15) is 12.8 Å². The van der Waals surface area contributed by atoms with Gasteiger partial charge in [0.05, 0.1) is 12.7 Å². The Balaban J connectivity index is 1.91. The first-order chi connectivity index (χ1) is 4.93. The molecule has 0 amide bonds. The molecule has 1 rings (SSSR count). The summed E-state index contributed by atoms with van der Waals surface area (Å²) >= 11 is 5.48. The Labute approximate surface area is 66.5 Å². The van der Waals surface area contributed by atoms with Gasteiger partial charge in [0, 0.05) is 19.1 Å². The summed E-state index contributed by atoms with van der Waals surface area (Å²) in [5, 5.41) is 0. The Kier molecular flexibility index (Phi) is 4.10. The molecular weight excluding hydrogens is 152 g/mol. The van der Waals surface area contributed by atoms with Crippen LogP contribution in [0.5, 0.6) is 0 Å². The van der Waals surface area contributed by atoms with E-state index in [0.29, 0.717) is 12.0 Å². The molecule has 0 aromatic carbocycles. The van der Waals surface area contributed by atoms with Gasteiger partial charge >= 0.3 is 0 Å². The first kappa shape index (κ1) is 8.31. The van der Waals surface area contributed by atoms with Crippen molar-refractivity contribution in [2.75, 3.05) is 25.7 Å².